The van der Waals surface area contributed by atoms with Crippen molar-refractivity contribution in [1.82, 2.24) is 0 Å². The Kier molecular flexibility index (Phi) is 8.49. The molecule has 0 atom stereocenters. The lowest BCUT2D eigenvalue weighted by molar-refractivity contribution is 0.766. The monoisotopic (exact) mass is 958 g/mol. The second-order valence-electron chi connectivity index (χ2n) is 17.8. The van der Waals surface area contributed by atoms with E-state index in [-0.39, 0.29) is 0 Å². The fraction of sp³-hybridized carbons (Fsp3) is 0.103. The Labute approximate surface area is 406 Å². The Hall–Kier alpha value is -5.22. The van der Waals surface area contributed by atoms with Crippen LogP contribution in [0.5, 0.6) is 0 Å². The SMILES string of the molecule is Cc1ccc(C2(c3ccc(C)cc3)c3cc4c(cc3-c3sc5cc(-c6cccs6)sc5c32)C(c2ccc(C)cc2)(c2ccc(C)cc2)c2c-4sc3c2sc2cc(-c4cccs4)sc23)cc1. The number of aryl methyl sites for hydroxylation is 4. The first kappa shape index (κ1) is 39.0. The van der Waals surface area contributed by atoms with Crippen LogP contribution in [0.2, 0.25) is 0 Å². The van der Waals surface area contributed by atoms with Crippen molar-refractivity contribution < 1.29 is 0 Å². The van der Waals surface area contributed by atoms with Crippen molar-refractivity contribution in [3.8, 4) is 40.4 Å². The van der Waals surface area contributed by atoms with E-state index in [9.17, 15) is 0 Å². The number of benzene rings is 5. The van der Waals surface area contributed by atoms with Gasteiger partial charge in [0.2, 0.25) is 0 Å². The maximum absolute atomic E-state index is 2.68. The van der Waals surface area contributed by atoms with E-state index >= 15 is 0 Å². The molecule has 65 heavy (non-hydrogen) atoms. The molecule has 0 N–H and O–H groups in total. The highest BCUT2D eigenvalue weighted by Gasteiger charge is 2.54. The van der Waals surface area contributed by atoms with Gasteiger partial charge in [0.15, 0.2) is 0 Å². The first-order valence-corrected chi connectivity index (χ1v) is 27.8. The molecule has 0 radical (unpaired) electrons. The first-order chi connectivity index (χ1) is 31.8. The second kappa shape index (κ2) is 14.1. The van der Waals surface area contributed by atoms with Crippen LogP contribution in [-0.4, -0.2) is 0 Å². The number of fused-ring (bicyclic) bond motifs is 12. The minimum atomic E-state index is -0.526. The minimum Gasteiger partial charge on any atom is -0.143 e. The number of hydrogen-bond acceptors (Lipinski definition) is 7. The summed E-state index contributed by atoms with van der Waals surface area (Å²) in [4.78, 5) is 8.23. The lowest BCUT2D eigenvalue weighted by Crippen LogP contribution is -2.30. The van der Waals surface area contributed by atoms with Gasteiger partial charge in [-0.15, -0.1) is 79.4 Å². The highest BCUT2D eigenvalue weighted by atomic mass is 32.1. The third-order valence-corrected chi connectivity index (χ3v) is 22.5. The smallest absolute Gasteiger partial charge is 0.0736 e. The van der Waals surface area contributed by atoms with Gasteiger partial charge in [0.25, 0.3) is 0 Å². The average molecular weight is 959 g/mol. The molecule has 5 aromatic carbocycles. The summed E-state index contributed by atoms with van der Waals surface area (Å²) < 4.78 is 8.47. The van der Waals surface area contributed by atoms with Gasteiger partial charge in [-0.25, -0.2) is 0 Å². The van der Waals surface area contributed by atoms with E-state index in [1.807, 2.05) is 79.4 Å². The number of hydrogen-bond donors (Lipinski definition) is 0. The molecular formula is C58H38S7. The molecule has 312 valence electrons. The summed E-state index contributed by atoms with van der Waals surface area (Å²) in [6.45, 7) is 8.86. The van der Waals surface area contributed by atoms with Crippen molar-refractivity contribution in [3.63, 3.8) is 0 Å². The van der Waals surface area contributed by atoms with Crippen molar-refractivity contribution in [1.29, 1.82) is 0 Å². The number of thiophene rings is 7. The van der Waals surface area contributed by atoms with Crippen LogP contribution < -0.4 is 0 Å². The lowest BCUT2D eigenvalue weighted by atomic mass is 9.65. The minimum absolute atomic E-state index is 0.525. The molecule has 7 heterocycles. The van der Waals surface area contributed by atoms with E-state index in [1.165, 1.54) is 135 Å². The topological polar surface area (TPSA) is 0 Å². The summed E-state index contributed by atoms with van der Waals surface area (Å²) in [7, 11) is 0. The summed E-state index contributed by atoms with van der Waals surface area (Å²) in [5.41, 5.74) is 17.8. The van der Waals surface area contributed by atoms with E-state index < -0.39 is 10.8 Å². The zero-order valence-electron chi connectivity index (χ0n) is 35.9. The molecule has 0 saturated carbocycles. The van der Waals surface area contributed by atoms with Crippen molar-refractivity contribution in [3.05, 3.63) is 223 Å². The number of rotatable bonds is 6. The second-order valence-corrected chi connectivity index (χ2v) is 25.0. The molecule has 7 aromatic heterocycles. The van der Waals surface area contributed by atoms with Crippen LogP contribution in [0, 0.1) is 27.7 Å². The molecule has 0 spiro atoms. The Balaban J connectivity index is 1.14. The van der Waals surface area contributed by atoms with Crippen LogP contribution in [0.4, 0.5) is 0 Å². The van der Waals surface area contributed by atoms with Gasteiger partial charge in [0.1, 0.15) is 0 Å². The molecule has 7 heteroatoms. The quantitative estimate of drug-likeness (QED) is 0.156. The molecular weight excluding hydrogens is 921 g/mol. The van der Waals surface area contributed by atoms with Gasteiger partial charge < -0.3 is 0 Å². The van der Waals surface area contributed by atoms with E-state index in [2.05, 4.69) is 184 Å². The molecule has 0 bridgehead atoms. The van der Waals surface area contributed by atoms with E-state index in [0.29, 0.717) is 0 Å². The maximum atomic E-state index is 2.68. The molecule has 12 aromatic rings. The Bertz CT molecular complexity index is 3730. The van der Waals surface area contributed by atoms with Gasteiger partial charge in [0, 0.05) is 49.8 Å². The standard InChI is InChI=1S/C58H38S7/c1-31-9-17-35(18-10-31)57(36-19-11-32(2)12-20-36)41-28-40-42(27-39(41)51-49(57)53-47(63-51)29-45(61-53)43-7-5-25-59-43)58(37-21-13-33(3)14-22-37,38-23-15-34(4)16-24-38)50-52(40)65-56-54-48(64-55(50)56)30-46(62-54)44-8-6-26-60-44/h5-30H,1-4H3. The third-order valence-electron chi connectivity index (χ3n) is 14.0. The van der Waals surface area contributed by atoms with Gasteiger partial charge in [-0.1, -0.05) is 131 Å². The van der Waals surface area contributed by atoms with Gasteiger partial charge in [-0.2, -0.15) is 0 Å². The van der Waals surface area contributed by atoms with Crippen LogP contribution in [-0.2, 0) is 10.8 Å². The van der Waals surface area contributed by atoms with Crippen molar-refractivity contribution in [2.24, 2.45) is 0 Å². The zero-order chi connectivity index (χ0) is 43.3. The van der Waals surface area contributed by atoms with E-state index in [0.717, 1.165) is 0 Å². The first-order valence-electron chi connectivity index (χ1n) is 21.9. The van der Waals surface area contributed by atoms with E-state index in [1.54, 1.807) is 0 Å². The van der Waals surface area contributed by atoms with Gasteiger partial charge in [-0.3, -0.25) is 0 Å². The molecule has 2 aliphatic rings. The summed E-state index contributed by atoms with van der Waals surface area (Å²) >= 11 is 13.7. The summed E-state index contributed by atoms with van der Waals surface area (Å²) in [5, 5.41) is 4.40. The molecule has 0 aliphatic heterocycles. The molecule has 0 saturated heterocycles. The molecule has 0 amide bonds. The molecule has 14 rings (SSSR count). The van der Waals surface area contributed by atoms with Crippen LogP contribution in [0.15, 0.2) is 156 Å². The summed E-state index contributed by atoms with van der Waals surface area (Å²) in [5.74, 6) is 0. The summed E-state index contributed by atoms with van der Waals surface area (Å²) in [6, 6.07) is 57.2. The largest absolute Gasteiger partial charge is 0.143 e. The van der Waals surface area contributed by atoms with Crippen molar-refractivity contribution in [2.45, 2.75) is 38.5 Å². The predicted molar refractivity (Wildman–Crippen MR) is 289 cm³/mol. The Morgan fingerprint density at radius 1 is 0.338 bits per heavy atom. The average Bonchev–Trinajstić information content (AvgIpc) is 4.16. The van der Waals surface area contributed by atoms with E-state index in [4.69, 9.17) is 0 Å². The van der Waals surface area contributed by atoms with Crippen LogP contribution in [0.1, 0.15) is 66.8 Å². The van der Waals surface area contributed by atoms with Crippen LogP contribution in [0.3, 0.4) is 0 Å². The van der Waals surface area contributed by atoms with Crippen LogP contribution >= 0.6 is 79.4 Å². The molecule has 0 fully saturated rings. The molecule has 0 nitrogen and oxygen atoms in total. The Morgan fingerprint density at radius 3 is 1.17 bits per heavy atom. The maximum Gasteiger partial charge on any atom is 0.0736 e. The zero-order valence-corrected chi connectivity index (χ0v) is 41.6. The molecule has 2 aliphatic carbocycles. The third kappa shape index (κ3) is 5.32. The van der Waals surface area contributed by atoms with Crippen LogP contribution in [0.25, 0.3) is 68.6 Å². The summed E-state index contributed by atoms with van der Waals surface area (Å²) in [6.07, 6.45) is 0. The highest BCUT2D eigenvalue weighted by Crippen LogP contribution is 2.69. The highest BCUT2D eigenvalue weighted by molar-refractivity contribution is 7.41. The van der Waals surface area contributed by atoms with Gasteiger partial charge >= 0.3 is 0 Å². The lowest BCUT2D eigenvalue weighted by Gasteiger charge is -2.35. The van der Waals surface area contributed by atoms with Crippen molar-refractivity contribution in [2.75, 3.05) is 0 Å². The Morgan fingerprint density at radius 2 is 0.738 bits per heavy atom. The van der Waals surface area contributed by atoms with Gasteiger partial charge in [-0.05, 0) is 119 Å². The van der Waals surface area contributed by atoms with Crippen molar-refractivity contribution >= 4 is 108 Å². The normalized spacial score (nSPS) is 14.4. The predicted octanol–water partition coefficient (Wildman–Crippen LogP) is 18.9. The van der Waals surface area contributed by atoms with Gasteiger partial charge in [0.05, 0.1) is 29.6 Å². The fourth-order valence-electron chi connectivity index (χ4n) is 11.0. The fourth-order valence-corrected chi connectivity index (χ4v) is 19.9. The molecule has 0 unspecified atom stereocenters.